The minimum atomic E-state index is -0.207. The number of benzene rings is 1. The molecule has 1 unspecified atom stereocenters. The summed E-state index contributed by atoms with van der Waals surface area (Å²) in [7, 11) is 0. The first-order chi connectivity index (χ1) is 7.71. The highest BCUT2D eigenvalue weighted by Gasteiger charge is 2.09. The molecule has 0 saturated heterocycles. The summed E-state index contributed by atoms with van der Waals surface area (Å²) in [6.45, 7) is 2.41. The Morgan fingerprint density at radius 2 is 2.12 bits per heavy atom. The zero-order valence-corrected chi connectivity index (χ0v) is 9.36. The van der Waals surface area contributed by atoms with Gasteiger partial charge < -0.3 is 11.1 Å². The second-order valence-corrected chi connectivity index (χ2v) is 3.50. The average Bonchev–Trinajstić information content (AvgIpc) is 2.35. The van der Waals surface area contributed by atoms with Crippen LogP contribution in [0.1, 0.15) is 29.3 Å². The number of nitrogens with two attached hydrogens (primary N) is 1. The van der Waals surface area contributed by atoms with E-state index in [4.69, 9.17) is 12.2 Å². The Bertz CT molecular complexity index is 389. The molecule has 0 heterocycles. The minimum Gasteiger partial charge on any atom is -0.338 e. The molecule has 0 aromatic heterocycles. The molecule has 0 saturated carbocycles. The van der Waals surface area contributed by atoms with Gasteiger partial charge in [0, 0.05) is 12.1 Å². The molecule has 3 heteroatoms. The number of carbonyl (C=O) groups is 1. The Labute approximate surface area is 96.0 Å². The van der Waals surface area contributed by atoms with Crippen molar-refractivity contribution in [3.63, 3.8) is 0 Å². The number of hydrogen-bond donors (Lipinski definition) is 2. The van der Waals surface area contributed by atoms with Gasteiger partial charge in [0.15, 0.2) is 0 Å². The average molecular weight is 216 g/mol. The predicted molar refractivity (Wildman–Crippen MR) is 64.7 cm³/mol. The van der Waals surface area contributed by atoms with Crippen LogP contribution in [0.3, 0.4) is 0 Å². The van der Waals surface area contributed by atoms with Crippen molar-refractivity contribution in [1.82, 2.24) is 5.32 Å². The second kappa shape index (κ2) is 5.94. The summed E-state index contributed by atoms with van der Waals surface area (Å²) >= 11 is 0. The van der Waals surface area contributed by atoms with Crippen molar-refractivity contribution in [1.29, 1.82) is 0 Å². The normalized spacial score (nSPS) is 11.6. The third-order valence-corrected chi connectivity index (χ3v) is 2.37. The Morgan fingerprint density at radius 3 is 2.56 bits per heavy atom. The maximum absolute atomic E-state index is 11.7. The van der Waals surface area contributed by atoms with E-state index in [1.165, 1.54) is 0 Å². The van der Waals surface area contributed by atoms with Gasteiger partial charge in [0.2, 0.25) is 0 Å². The van der Waals surface area contributed by atoms with E-state index in [9.17, 15) is 4.79 Å². The number of hydrogen-bond acceptors (Lipinski definition) is 2. The number of terminal acetylenes is 1. The monoisotopic (exact) mass is 216 g/mol. The van der Waals surface area contributed by atoms with E-state index in [2.05, 4.69) is 11.2 Å². The minimum absolute atomic E-state index is 0.145. The summed E-state index contributed by atoms with van der Waals surface area (Å²) in [6.07, 6.45) is 6.00. The molecule has 0 bridgehead atoms. The third kappa shape index (κ3) is 3.11. The Hall–Kier alpha value is -1.79. The fraction of sp³-hybridized carbons (Fsp3) is 0.308. The second-order valence-electron chi connectivity index (χ2n) is 3.50. The molecule has 0 spiro atoms. The highest BCUT2D eigenvalue weighted by atomic mass is 16.1. The van der Waals surface area contributed by atoms with Crippen LogP contribution in [-0.2, 0) is 6.54 Å². The van der Waals surface area contributed by atoms with Crippen LogP contribution < -0.4 is 11.1 Å². The first kappa shape index (κ1) is 12.3. The first-order valence-corrected chi connectivity index (χ1v) is 5.27. The van der Waals surface area contributed by atoms with Gasteiger partial charge in [-0.1, -0.05) is 25.0 Å². The van der Waals surface area contributed by atoms with Gasteiger partial charge in [-0.2, -0.15) is 0 Å². The van der Waals surface area contributed by atoms with Gasteiger partial charge in [0.05, 0.1) is 6.04 Å². The van der Waals surface area contributed by atoms with Crippen molar-refractivity contribution in [2.24, 2.45) is 5.73 Å². The van der Waals surface area contributed by atoms with E-state index in [0.717, 1.165) is 12.0 Å². The van der Waals surface area contributed by atoms with Crippen LogP contribution in [0.15, 0.2) is 24.3 Å². The summed E-state index contributed by atoms with van der Waals surface area (Å²) in [5.74, 6) is 2.38. The zero-order valence-electron chi connectivity index (χ0n) is 9.36. The van der Waals surface area contributed by atoms with Gasteiger partial charge >= 0.3 is 0 Å². The standard InChI is InChI=1S/C13H16N2O/c1-3-12(4-2)15-13(16)11-7-5-10(9-14)6-8-11/h1,5-8,12H,4,9,14H2,2H3,(H,15,16). The van der Waals surface area contributed by atoms with Crippen molar-refractivity contribution in [3.8, 4) is 12.3 Å². The fourth-order valence-corrected chi connectivity index (χ4v) is 1.30. The van der Waals surface area contributed by atoms with Crippen LogP contribution in [0.5, 0.6) is 0 Å². The maximum Gasteiger partial charge on any atom is 0.252 e. The van der Waals surface area contributed by atoms with Crippen molar-refractivity contribution < 1.29 is 4.79 Å². The van der Waals surface area contributed by atoms with Gasteiger partial charge in [-0.15, -0.1) is 6.42 Å². The van der Waals surface area contributed by atoms with Gasteiger partial charge in [-0.3, -0.25) is 4.79 Å². The van der Waals surface area contributed by atoms with E-state index in [0.29, 0.717) is 12.1 Å². The van der Waals surface area contributed by atoms with E-state index in [1.54, 1.807) is 12.1 Å². The number of nitrogens with one attached hydrogen (secondary N) is 1. The molecule has 1 atom stereocenters. The molecular formula is C13H16N2O. The highest BCUT2D eigenvalue weighted by Crippen LogP contribution is 2.04. The van der Waals surface area contributed by atoms with Gasteiger partial charge in [0.25, 0.3) is 5.91 Å². The summed E-state index contributed by atoms with van der Waals surface area (Å²) in [4.78, 5) is 11.7. The Morgan fingerprint density at radius 1 is 1.50 bits per heavy atom. The lowest BCUT2D eigenvalue weighted by Gasteiger charge is -2.10. The SMILES string of the molecule is C#CC(CC)NC(=O)c1ccc(CN)cc1. The molecule has 1 amide bonds. The van der Waals surface area contributed by atoms with Crippen molar-refractivity contribution >= 4 is 5.91 Å². The lowest BCUT2D eigenvalue weighted by atomic mass is 10.1. The summed E-state index contributed by atoms with van der Waals surface area (Å²) < 4.78 is 0. The maximum atomic E-state index is 11.7. The molecule has 0 aliphatic heterocycles. The van der Waals surface area contributed by atoms with Crippen molar-refractivity contribution in [3.05, 3.63) is 35.4 Å². The molecule has 0 radical (unpaired) electrons. The Kier molecular flexibility index (Phi) is 4.56. The van der Waals surface area contributed by atoms with Crippen LogP contribution in [-0.4, -0.2) is 11.9 Å². The summed E-state index contributed by atoms with van der Waals surface area (Å²) in [6, 6.07) is 6.97. The molecule has 3 nitrogen and oxygen atoms in total. The van der Waals surface area contributed by atoms with E-state index in [1.807, 2.05) is 19.1 Å². The van der Waals surface area contributed by atoms with Crippen LogP contribution >= 0.6 is 0 Å². The Balaban J connectivity index is 2.70. The van der Waals surface area contributed by atoms with Gasteiger partial charge in [-0.05, 0) is 24.1 Å². The first-order valence-electron chi connectivity index (χ1n) is 5.27. The molecule has 0 aliphatic carbocycles. The van der Waals surface area contributed by atoms with Gasteiger partial charge in [-0.25, -0.2) is 0 Å². The number of amides is 1. The predicted octanol–water partition coefficient (Wildman–Crippen LogP) is 1.29. The lowest BCUT2D eigenvalue weighted by Crippen LogP contribution is -2.33. The molecule has 0 fully saturated rings. The fourth-order valence-electron chi connectivity index (χ4n) is 1.30. The zero-order chi connectivity index (χ0) is 12.0. The highest BCUT2D eigenvalue weighted by molar-refractivity contribution is 5.94. The van der Waals surface area contributed by atoms with Crippen molar-refractivity contribution in [2.45, 2.75) is 25.9 Å². The lowest BCUT2D eigenvalue weighted by molar-refractivity contribution is 0.0945. The molecule has 0 aliphatic rings. The van der Waals surface area contributed by atoms with E-state index in [-0.39, 0.29) is 11.9 Å². The van der Waals surface area contributed by atoms with Gasteiger partial charge in [0.1, 0.15) is 0 Å². The molecule has 16 heavy (non-hydrogen) atoms. The smallest absolute Gasteiger partial charge is 0.252 e. The van der Waals surface area contributed by atoms with E-state index < -0.39 is 0 Å². The van der Waals surface area contributed by atoms with Crippen LogP contribution in [0.25, 0.3) is 0 Å². The van der Waals surface area contributed by atoms with E-state index >= 15 is 0 Å². The largest absolute Gasteiger partial charge is 0.338 e. The molecule has 1 rings (SSSR count). The number of carbonyl (C=O) groups excluding carboxylic acids is 1. The van der Waals surface area contributed by atoms with Crippen LogP contribution in [0.4, 0.5) is 0 Å². The van der Waals surface area contributed by atoms with Crippen LogP contribution in [0, 0.1) is 12.3 Å². The number of rotatable bonds is 4. The molecular weight excluding hydrogens is 200 g/mol. The molecule has 84 valence electrons. The molecule has 3 N–H and O–H groups in total. The summed E-state index contributed by atoms with van der Waals surface area (Å²) in [5, 5.41) is 2.76. The quantitative estimate of drug-likeness (QED) is 0.745. The molecule has 1 aromatic carbocycles. The topological polar surface area (TPSA) is 55.1 Å². The third-order valence-electron chi connectivity index (χ3n) is 2.37. The summed E-state index contributed by atoms with van der Waals surface area (Å²) in [5.41, 5.74) is 7.08. The molecule has 1 aromatic rings. The van der Waals surface area contributed by atoms with Crippen LogP contribution in [0.2, 0.25) is 0 Å². The van der Waals surface area contributed by atoms with Crippen molar-refractivity contribution in [2.75, 3.05) is 0 Å².